The minimum Gasteiger partial charge on any atom is -0.339 e. The van der Waals surface area contributed by atoms with Gasteiger partial charge >= 0.3 is 0 Å². The Morgan fingerprint density at radius 1 is 1.38 bits per heavy atom. The highest BCUT2D eigenvalue weighted by atomic mass is 16.5. The van der Waals surface area contributed by atoms with E-state index in [-0.39, 0.29) is 11.9 Å². The molecule has 0 aliphatic carbocycles. The van der Waals surface area contributed by atoms with Crippen LogP contribution in [-0.4, -0.2) is 46.0 Å². The fourth-order valence-electron chi connectivity index (χ4n) is 3.15. The van der Waals surface area contributed by atoms with Gasteiger partial charge in [0, 0.05) is 19.5 Å². The second kappa shape index (κ2) is 7.57. The van der Waals surface area contributed by atoms with Crippen LogP contribution in [0.15, 0.2) is 34.9 Å². The maximum Gasteiger partial charge on any atom is 0.237 e. The van der Waals surface area contributed by atoms with Gasteiger partial charge in [-0.25, -0.2) is 0 Å². The Bertz CT molecular complexity index is 671. The van der Waals surface area contributed by atoms with Gasteiger partial charge in [-0.2, -0.15) is 4.98 Å². The molecule has 0 radical (unpaired) electrons. The number of benzene rings is 1. The third-order valence-electron chi connectivity index (χ3n) is 4.36. The van der Waals surface area contributed by atoms with Crippen molar-refractivity contribution >= 4 is 5.91 Å². The number of nitrogens with zero attached hydrogens (tertiary/aromatic N) is 4. The molecule has 1 amide bonds. The third-order valence-corrected chi connectivity index (χ3v) is 4.36. The molecule has 24 heavy (non-hydrogen) atoms. The van der Waals surface area contributed by atoms with E-state index in [4.69, 9.17) is 4.52 Å². The molecule has 1 saturated heterocycles. The summed E-state index contributed by atoms with van der Waals surface area (Å²) in [4.78, 5) is 21.0. The highest BCUT2D eigenvalue weighted by molar-refractivity contribution is 5.79. The van der Waals surface area contributed by atoms with E-state index in [1.54, 1.807) is 0 Å². The number of likely N-dealkylation sites (tertiary alicyclic amines) is 1. The molecule has 0 unspecified atom stereocenters. The molecular formula is C18H24N4O2. The molecule has 1 atom stereocenters. The maximum atomic E-state index is 12.7. The zero-order valence-electron chi connectivity index (χ0n) is 14.3. The van der Waals surface area contributed by atoms with Gasteiger partial charge in [0.05, 0.1) is 12.6 Å². The number of carbonyl (C=O) groups excluding carboxylic acids is 1. The van der Waals surface area contributed by atoms with Crippen LogP contribution in [0.1, 0.15) is 43.1 Å². The number of rotatable bonds is 6. The molecule has 0 saturated carbocycles. The van der Waals surface area contributed by atoms with Crippen molar-refractivity contribution in [2.75, 3.05) is 20.1 Å². The lowest BCUT2D eigenvalue weighted by Crippen LogP contribution is -2.38. The first kappa shape index (κ1) is 16.6. The molecule has 128 valence electrons. The van der Waals surface area contributed by atoms with Crippen LogP contribution in [0.5, 0.6) is 0 Å². The molecule has 0 N–H and O–H groups in total. The molecule has 1 fully saturated rings. The first-order chi connectivity index (χ1) is 11.7. The Labute approximate surface area is 142 Å². The summed E-state index contributed by atoms with van der Waals surface area (Å²) in [5.74, 6) is 1.40. The summed E-state index contributed by atoms with van der Waals surface area (Å²) in [5, 5.41) is 4.05. The normalized spacial score (nSPS) is 17.6. The molecule has 6 heteroatoms. The van der Waals surface area contributed by atoms with Gasteiger partial charge in [0.25, 0.3) is 0 Å². The van der Waals surface area contributed by atoms with E-state index in [0.717, 1.165) is 25.9 Å². The Hall–Kier alpha value is -2.21. The van der Waals surface area contributed by atoms with E-state index in [1.165, 1.54) is 5.56 Å². The molecule has 1 aromatic heterocycles. The minimum absolute atomic E-state index is 0.0494. The quantitative estimate of drug-likeness (QED) is 0.815. The molecule has 1 aliphatic rings. The van der Waals surface area contributed by atoms with Crippen LogP contribution in [-0.2, 0) is 17.8 Å². The fraction of sp³-hybridized carbons (Fsp3) is 0.500. The molecule has 0 spiro atoms. The van der Waals surface area contributed by atoms with E-state index in [1.807, 2.05) is 42.0 Å². The van der Waals surface area contributed by atoms with Gasteiger partial charge < -0.3 is 9.42 Å². The minimum atomic E-state index is -0.0494. The van der Waals surface area contributed by atoms with E-state index >= 15 is 0 Å². The predicted octanol–water partition coefficient (Wildman–Crippen LogP) is 2.43. The standard InChI is InChI=1S/C18H24N4O2/c1-3-16-19-18(20-24-16)15-10-7-11-22(15)17(23)13-21(2)12-14-8-5-4-6-9-14/h4-6,8-9,15H,3,7,10-13H2,1-2H3/t15-/m0/s1. The SMILES string of the molecule is CCc1nc([C@@H]2CCCN2C(=O)CN(C)Cc2ccccc2)no1. The highest BCUT2D eigenvalue weighted by Gasteiger charge is 2.33. The summed E-state index contributed by atoms with van der Waals surface area (Å²) in [5.41, 5.74) is 1.21. The van der Waals surface area contributed by atoms with Crippen molar-refractivity contribution in [3.05, 3.63) is 47.6 Å². The Morgan fingerprint density at radius 3 is 2.88 bits per heavy atom. The van der Waals surface area contributed by atoms with E-state index in [9.17, 15) is 4.79 Å². The van der Waals surface area contributed by atoms with E-state index < -0.39 is 0 Å². The van der Waals surface area contributed by atoms with Crippen LogP contribution in [0, 0.1) is 0 Å². The fourth-order valence-corrected chi connectivity index (χ4v) is 3.15. The van der Waals surface area contributed by atoms with Crippen molar-refractivity contribution in [3.8, 4) is 0 Å². The van der Waals surface area contributed by atoms with Gasteiger partial charge in [0.1, 0.15) is 0 Å². The highest BCUT2D eigenvalue weighted by Crippen LogP contribution is 2.30. The molecule has 3 rings (SSSR count). The first-order valence-electron chi connectivity index (χ1n) is 8.51. The van der Waals surface area contributed by atoms with Crippen LogP contribution in [0.2, 0.25) is 0 Å². The lowest BCUT2D eigenvalue weighted by Gasteiger charge is -2.25. The number of amides is 1. The molecule has 1 aromatic carbocycles. The number of aromatic nitrogens is 2. The largest absolute Gasteiger partial charge is 0.339 e. The summed E-state index contributed by atoms with van der Waals surface area (Å²) in [6.07, 6.45) is 2.60. The van der Waals surface area contributed by atoms with Crippen molar-refractivity contribution < 1.29 is 9.32 Å². The Balaban J connectivity index is 1.61. The number of hydrogen-bond donors (Lipinski definition) is 0. The number of hydrogen-bond acceptors (Lipinski definition) is 5. The van der Waals surface area contributed by atoms with Crippen LogP contribution >= 0.6 is 0 Å². The lowest BCUT2D eigenvalue weighted by molar-refractivity contribution is -0.133. The summed E-state index contributed by atoms with van der Waals surface area (Å²) in [7, 11) is 1.97. The van der Waals surface area contributed by atoms with Crippen molar-refractivity contribution in [2.45, 2.75) is 38.8 Å². The average molecular weight is 328 g/mol. The van der Waals surface area contributed by atoms with Crippen LogP contribution in [0.3, 0.4) is 0 Å². The topological polar surface area (TPSA) is 62.5 Å². The molecule has 6 nitrogen and oxygen atoms in total. The van der Waals surface area contributed by atoms with Gasteiger partial charge in [-0.05, 0) is 25.5 Å². The van der Waals surface area contributed by atoms with Gasteiger partial charge in [0.2, 0.25) is 11.8 Å². The second-order valence-electron chi connectivity index (χ2n) is 6.30. The lowest BCUT2D eigenvalue weighted by atomic mass is 10.2. The zero-order valence-corrected chi connectivity index (χ0v) is 14.3. The molecule has 0 bridgehead atoms. The van der Waals surface area contributed by atoms with E-state index in [0.29, 0.717) is 24.7 Å². The first-order valence-corrected chi connectivity index (χ1v) is 8.51. The number of likely N-dealkylation sites (N-methyl/N-ethyl adjacent to an activating group) is 1. The molecule has 2 aromatic rings. The second-order valence-corrected chi connectivity index (χ2v) is 6.30. The monoisotopic (exact) mass is 328 g/mol. The summed E-state index contributed by atoms with van der Waals surface area (Å²) >= 11 is 0. The smallest absolute Gasteiger partial charge is 0.237 e. The average Bonchev–Trinajstić information content (AvgIpc) is 3.24. The van der Waals surface area contributed by atoms with Crippen molar-refractivity contribution in [2.24, 2.45) is 0 Å². The van der Waals surface area contributed by atoms with Crippen molar-refractivity contribution in [1.29, 1.82) is 0 Å². The molecule has 1 aliphatic heterocycles. The molecule has 2 heterocycles. The van der Waals surface area contributed by atoms with Gasteiger partial charge in [0.15, 0.2) is 5.82 Å². The Morgan fingerprint density at radius 2 is 2.17 bits per heavy atom. The predicted molar refractivity (Wildman–Crippen MR) is 90.1 cm³/mol. The van der Waals surface area contributed by atoms with Crippen LogP contribution < -0.4 is 0 Å². The van der Waals surface area contributed by atoms with E-state index in [2.05, 4.69) is 22.3 Å². The summed E-state index contributed by atoms with van der Waals surface area (Å²) in [6, 6.07) is 10.1. The zero-order chi connectivity index (χ0) is 16.9. The van der Waals surface area contributed by atoms with Gasteiger partial charge in [-0.3, -0.25) is 9.69 Å². The third kappa shape index (κ3) is 3.82. The van der Waals surface area contributed by atoms with Crippen LogP contribution in [0.4, 0.5) is 0 Å². The number of aryl methyl sites for hydroxylation is 1. The Kier molecular flexibility index (Phi) is 5.25. The number of carbonyl (C=O) groups is 1. The summed E-state index contributed by atoms with van der Waals surface area (Å²) in [6.45, 7) is 3.89. The van der Waals surface area contributed by atoms with Gasteiger partial charge in [-0.1, -0.05) is 42.4 Å². The van der Waals surface area contributed by atoms with Crippen molar-refractivity contribution in [1.82, 2.24) is 19.9 Å². The molecular weight excluding hydrogens is 304 g/mol. The van der Waals surface area contributed by atoms with Gasteiger partial charge in [-0.15, -0.1) is 0 Å². The van der Waals surface area contributed by atoms with Crippen molar-refractivity contribution in [3.63, 3.8) is 0 Å². The summed E-state index contributed by atoms with van der Waals surface area (Å²) < 4.78 is 5.20. The van der Waals surface area contributed by atoms with Crippen LogP contribution in [0.25, 0.3) is 0 Å². The maximum absolute atomic E-state index is 12.7.